The molecule has 0 aromatic carbocycles. The van der Waals surface area contributed by atoms with Crippen molar-refractivity contribution >= 4 is 5.91 Å². The maximum Gasteiger partial charge on any atom is 0.227 e. The van der Waals surface area contributed by atoms with Crippen molar-refractivity contribution in [2.45, 2.75) is 38.8 Å². The van der Waals surface area contributed by atoms with Crippen LogP contribution in [0.2, 0.25) is 0 Å². The molecule has 0 aliphatic carbocycles. The molecule has 1 saturated heterocycles. The number of likely N-dealkylation sites (tertiary alicyclic amines) is 1. The Bertz CT molecular complexity index is 478. The van der Waals surface area contributed by atoms with Crippen molar-refractivity contribution in [1.29, 1.82) is 0 Å². The first-order chi connectivity index (χ1) is 10.0. The summed E-state index contributed by atoms with van der Waals surface area (Å²) >= 11 is 0. The largest absolute Gasteiger partial charge is 0.359 e. The number of carbonyl (C=O) groups excluding carboxylic acids is 1. The zero-order chi connectivity index (χ0) is 15.5. The number of pyridine rings is 1. The van der Waals surface area contributed by atoms with Crippen molar-refractivity contribution in [1.82, 2.24) is 15.2 Å². The maximum atomic E-state index is 12.1. The fourth-order valence-corrected chi connectivity index (χ4v) is 3.22. The summed E-state index contributed by atoms with van der Waals surface area (Å²) in [6.45, 7) is 5.75. The number of amides is 1. The van der Waals surface area contributed by atoms with Gasteiger partial charge in [0.25, 0.3) is 0 Å². The van der Waals surface area contributed by atoms with Crippen LogP contribution in [0.1, 0.15) is 38.3 Å². The van der Waals surface area contributed by atoms with Crippen LogP contribution in [-0.2, 0) is 4.79 Å². The monoisotopic (exact) mass is 290 g/mol. The molecule has 21 heavy (non-hydrogen) atoms. The van der Waals surface area contributed by atoms with Crippen molar-refractivity contribution < 1.29 is 4.79 Å². The van der Waals surface area contributed by atoms with Gasteiger partial charge in [0.15, 0.2) is 0 Å². The zero-order valence-corrected chi connectivity index (χ0v) is 13.2. The molecule has 1 fully saturated rings. The van der Waals surface area contributed by atoms with Crippen LogP contribution in [-0.4, -0.2) is 42.0 Å². The van der Waals surface area contributed by atoms with Crippen molar-refractivity contribution in [2.24, 2.45) is 11.1 Å². The molecule has 5 heteroatoms. The first kappa shape index (κ1) is 15.9. The summed E-state index contributed by atoms with van der Waals surface area (Å²) in [4.78, 5) is 18.7. The first-order valence-electron chi connectivity index (χ1n) is 7.63. The Kier molecular flexibility index (Phi) is 4.96. The maximum absolute atomic E-state index is 12.1. The minimum Gasteiger partial charge on any atom is -0.359 e. The van der Waals surface area contributed by atoms with Crippen molar-refractivity contribution in [3.63, 3.8) is 0 Å². The summed E-state index contributed by atoms with van der Waals surface area (Å²) in [7, 11) is 1.70. The molecule has 0 spiro atoms. The van der Waals surface area contributed by atoms with E-state index in [1.165, 1.54) is 0 Å². The highest BCUT2D eigenvalue weighted by Gasteiger charge is 2.43. The van der Waals surface area contributed by atoms with E-state index < -0.39 is 0 Å². The standard InChI is InChI=1S/C16H26N4O/c1-4-13(17)14(12-6-5-8-19-10-12)20-9-7-16(2,11-20)15(21)18-3/h5-6,8,10,13-14H,4,7,9,11,17H2,1-3H3,(H,18,21). The van der Waals surface area contributed by atoms with Crippen LogP contribution in [0.15, 0.2) is 24.5 Å². The Labute approximate surface area is 126 Å². The summed E-state index contributed by atoms with van der Waals surface area (Å²) in [5.41, 5.74) is 7.16. The smallest absolute Gasteiger partial charge is 0.227 e. The molecule has 1 aromatic rings. The fourth-order valence-electron chi connectivity index (χ4n) is 3.22. The molecule has 1 aliphatic rings. The second kappa shape index (κ2) is 6.54. The number of nitrogens with two attached hydrogens (primary N) is 1. The Hall–Kier alpha value is -1.46. The van der Waals surface area contributed by atoms with Gasteiger partial charge in [-0.05, 0) is 37.9 Å². The minimum absolute atomic E-state index is 0.0428. The predicted molar refractivity (Wildman–Crippen MR) is 83.6 cm³/mol. The second-order valence-electron chi connectivity index (χ2n) is 6.16. The number of hydrogen-bond donors (Lipinski definition) is 2. The second-order valence-corrected chi connectivity index (χ2v) is 6.16. The molecular formula is C16H26N4O. The average Bonchev–Trinajstić information content (AvgIpc) is 2.91. The van der Waals surface area contributed by atoms with E-state index in [1.807, 2.05) is 19.2 Å². The molecule has 2 rings (SSSR count). The normalized spacial score (nSPS) is 25.5. The lowest BCUT2D eigenvalue weighted by molar-refractivity contribution is -0.129. The van der Waals surface area contributed by atoms with Crippen molar-refractivity contribution in [2.75, 3.05) is 20.1 Å². The van der Waals surface area contributed by atoms with E-state index >= 15 is 0 Å². The topological polar surface area (TPSA) is 71.2 Å². The van der Waals surface area contributed by atoms with Gasteiger partial charge in [-0.15, -0.1) is 0 Å². The summed E-state index contributed by atoms with van der Waals surface area (Å²) < 4.78 is 0. The summed E-state index contributed by atoms with van der Waals surface area (Å²) in [6.07, 6.45) is 5.42. The first-order valence-corrected chi connectivity index (χ1v) is 7.63. The van der Waals surface area contributed by atoms with Gasteiger partial charge >= 0.3 is 0 Å². The number of rotatable bonds is 5. The van der Waals surface area contributed by atoms with Gasteiger partial charge in [-0.1, -0.05) is 13.0 Å². The molecule has 1 aromatic heterocycles. The molecule has 3 unspecified atom stereocenters. The number of nitrogens with one attached hydrogen (secondary N) is 1. The molecule has 5 nitrogen and oxygen atoms in total. The molecule has 2 heterocycles. The van der Waals surface area contributed by atoms with E-state index in [-0.39, 0.29) is 23.4 Å². The third-order valence-electron chi connectivity index (χ3n) is 4.57. The van der Waals surface area contributed by atoms with Crippen LogP contribution in [0.25, 0.3) is 0 Å². The Balaban J connectivity index is 2.22. The molecule has 0 radical (unpaired) electrons. The van der Waals surface area contributed by atoms with E-state index in [2.05, 4.69) is 28.2 Å². The van der Waals surface area contributed by atoms with Gasteiger partial charge in [0.05, 0.1) is 11.5 Å². The molecule has 0 saturated carbocycles. The lowest BCUT2D eigenvalue weighted by Gasteiger charge is -2.33. The molecule has 0 bridgehead atoms. The fraction of sp³-hybridized carbons (Fsp3) is 0.625. The van der Waals surface area contributed by atoms with Crippen LogP contribution >= 0.6 is 0 Å². The molecule has 116 valence electrons. The van der Waals surface area contributed by atoms with E-state index in [4.69, 9.17) is 5.73 Å². The molecule has 1 amide bonds. The van der Waals surface area contributed by atoms with Gasteiger partial charge in [0.1, 0.15) is 0 Å². The zero-order valence-electron chi connectivity index (χ0n) is 13.2. The molecular weight excluding hydrogens is 264 g/mol. The van der Waals surface area contributed by atoms with Crippen LogP contribution in [0.5, 0.6) is 0 Å². The highest BCUT2D eigenvalue weighted by molar-refractivity contribution is 5.82. The third-order valence-corrected chi connectivity index (χ3v) is 4.57. The van der Waals surface area contributed by atoms with E-state index in [0.29, 0.717) is 0 Å². The van der Waals surface area contributed by atoms with Gasteiger partial charge in [0, 0.05) is 32.0 Å². The SMILES string of the molecule is CCC(N)C(c1cccnc1)N1CCC(C)(C(=O)NC)C1. The Morgan fingerprint density at radius 1 is 1.62 bits per heavy atom. The minimum atomic E-state index is -0.331. The van der Waals surface area contributed by atoms with Crippen molar-refractivity contribution in [3.8, 4) is 0 Å². The van der Waals surface area contributed by atoms with Gasteiger partial charge in [0.2, 0.25) is 5.91 Å². The number of hydrogen-bond acceptors (Lipinski definition) is 4. The summed E-state index contributed by atoms with van der Waals surface area (Å²) in [5, 5.41) is 2.78. The lowest BCUT2D eigenvalue weighted by Crippen LogP contribution is -2.43. The molecule has 3 atom stereocenters. The number of aromatic nitrogens is 1. The highest BCUT2D eigenvalue weighted by atomic mass is 16.2. The lowest BCUT2D eigenvalue weighted by atomic mass is 9.88. The van der Waals surface area contributed by atoms with Gasteiger partial charge < -0.3 is 11.1 Å². The van der Waals surface area contributed by atoms with Gasteiger partial charge in [-0.25, -0.2) is 0 Å². The Morgan fingerprint density at radius 2 is 2.38 bits per heavy atom. The Morgan fingerprint density at radius 3 is 2.95 bits per heavy atom. The van der Waals surface area contributed by atoms with E-state index in [1.54, 1.807) is 13.2 Å². The van der Waals surface area contributed by atoms with Gasteiger partial charge in [-0.3, -0.25) is 14.7 Å². The quantitative estimate of drug-likeness (QED) is 0.858. The van der Waals surface area contributed by atoms with Gasteiger partial charge in [-0.2, -0.15) is 0 Å². The predicted octanol–water partition coefficient (Wildman–Crippen LogP) is 1.32. The summed E-state index contributed by atoms with van der Waals surface area (Å²) in [5.74, 6) is 0.111. The van der Waals surface area contributed by atoms with Crippen LogP contribution < -0.4 is 11.1 Å². The summed E-state index contributed by atoms with van der Waals surface area (Å²) in [6, 6.07) is 4.18. The van der Waals surface area contributed by atoms with Crippen LogP contribution in [0, 0.1) is 5.41 Å². The van der Waals surface area contributed by atoms with E-state index in [0.717, 1.165) is 31.5 Å². The number of nitrogens with zero attached hydrogens (tertiary/aromatic N) is 2. The highest BCUT2D eigenvalue weighted by Crippen LogP contribution is 2.36. The molecule has 1 aliphatic heterocycles. The average molecular weight is 290 g/mol. The van der Waals surface area contributed by atoms with E-state index in [9.17, 15) is 4.79 Å². The molecule has 3 N–H and O–H groups in total. The van der Waals surface area contributed by atoms with Crippen molar-refractivity contribution in [3.05, 3.63) is 30.1 Å². The van der Waals surface area contributed by atoms with Crippen LogP contribution in [0.3, 0.4) is 0 Å². The third kappa shape index (κ3) is 3.24. The number of carbonyl (C=O) groups is 1. The van der Waals surface area contributed by atoms with Crippen LogP contribution in [0.4, 0.5) is 0 Å².